The number of rotatable bonds is 3. The lowest BCUT2D eigenvalue weighted by Crippen LogP contribution is -2.19. The van der Waals surface area contributed by atoms with Crippen molar-refractivity contribution in [3.05, 3.63) is 68.9 Å². The van der Waals surface area contributed by atoms with Crippen LogP contribution in [0.5, 0.6) is 0 Å². The zero-order valence-electron chi connectivity index (χ0n) is 11.4. The summed E-state index contributed by atoms with van der Waals surface area (Å²) in [6, 6.07) is 12.0. The van der Waals surface area contributed by atoms with Crippen LogP contribution in [0.3, 0.4) is 0 Å². The van der Waals surface area contributed by atoms with Gasteiger partial charge in [-0.05, 0) is 49.1 Å². The van der Waals surface area contributed by atoms with Crippen LogP contribution in [-0.4, -0.2) is 0 Å². The lowest BCUT2D eigenvalue weighted by Gasteiger charge is -2.15. The van der Waals surface area contributed by atoms with E-state index in [1.54, 1.807) is 6.07 Å². The highest BCUT2D eigenvalue weighted by atomic mass is 79.9. The lowest BCUT2D eigenvalue weighted by atomic mass is 10.0. The Morgan fingerprint density at radius 1 is 1.25 bits per heavy atom. The quantitative estimate of drug-likeness (QED) is 0.860. The summed E-state index contributed by atoms with van der Waals surface area (Å²) in [6.07, 6.45) is 2.20. The standard InChI is InChI=1S/C17H17BrFN/c1-11-2-3-12-4-7-17(15(12)8-11)20-10-13-9-14(18)5-6-16(13)19/h2-3,5-6,8-9,17,20H,4,7,10H2,1H3. The van der Waals surface area contributed by atoms with Crippen LogP contribution in [0, 0.1) is 12.7 Å². The average Bonchev–Trinajstić information content (AvgIpc) is 2.82. The van der Waals surface area contributed by atoms with Gasteiger partial charge in [-0.1, -0.05) is 39.7 Å². The van der Waals surface area contributed by atoms with Crippen molar-refractivity contribution in [2.45, 2.75) is 32.4 Å². The summed E-state index contributed by atoms with van der Waals surface area (Å²) in [4.78, 5) is 0. The van der Waals surface area contributed by atoms with Crippen molar-refractivity contribution in [1.29, 1.82) is 0 Å². The van der Waals surface area contributed by atoms with Crippen LogP contribution in [0.4, 0.5) is 4.39 Å². The first-order chi connectivity index (χ1) is 9.63. The van der Waals surface area contributed by atoms with Gasteiger partial charge in [0.05, 0.1) is 0 Å². The Bertz CT molecular complexity index is 639. The van der Waals surface area contributed by atoms with E-state index in [9.17, 15) is 4.39 Å². The number of fused-ring (bicyclic) bond motifs is 1. The molecule has 1 aliphatic carbocycles. The predicted molar refractivity (Wildman–Crippen MR) is 83.2 cm³/mol. The van der Waals surface area contributed by atoms with Crippen molar-refractivity contribution < 1.29 is 4.39 Å². The number of hydrogen-bond acceptors (Lipinski definition) is 1. The van der Waals surface area contributed by atoms with Crippen LogP contribution in [0.1, 0.15) is 34.7 Å². The number of aryl methyl sites for hydroxylation is 2. The molecule has 0 aliphatic heterocycles. The molecule has 1 nitrogen and oxygen atoms in total. The zero-order chi connectivity index (χ0) is 14.1. The number of benzene rings is 2. The summed E-state index contributed by atoms with van der Waals surface area (Å²) < 4.78 is 14.7. The molecular formula is C17H17BrFN. The minimum Gasteiger partial charge on any atom is -0.306 e. The third-order valence-electron chi connectivity index (χ3n) is 3.93. The maximum atomic E-state index is 13.7. The molecule has 1 atom stereocenters. The van der Waals surface area contributed by atoms with Crippen LogP contribution in [0.25, 0.3) is 0 Å². The predicted octanol–water partition coefficient (Wildman–Crippen LogP) is 4.67. The highest BCUT2D eigenvalue weighted by molar-refractivity contribution is 9.10. The van der Waals surface area contributed by atoms with E-state index < -0.39 is 0 Å². The third kappa shape index (κ3) is 2.79. The topological polar surface area (TPSA) is 12.0 Å². The van der Waals surface area contributed by atoms with Crippen LogP contribution in [0.15, 0.2) is 40.9 Å². The highest BCUT2D eigenvalue weighted by Crippen LogP contribution is 2.32. The van der Waals surface area contributed by atoms with Gasteiger partial charge in [-0.15, -0.1) is 0 Å². The molecule has 0 saturated heterocycles. The minimum atomic E-state index is -0.150. The van der Waals surface area contributed by atoms with E-state index in [0.29, 0.717) is 18.2 Å². The van der Waals surface area contributed by atoms with Gasteiger partial charge >= 0.3 is 0 Å². The van der Waals surface area contributed by atoms with Crippen LogP contribution >= 0.6 is 15.9 Å². The second-order valence-electron chi connectivity index (χ2n) is 5.41. The van der Waals surface area contributed by atoms with Gasteiger partial charge in [0.15, 0.2) is 0 Å². The molecule has 0 fully saturated rings. The fraction of sp³-hybridized carbons (Fsp3) is 0.294. The summed E-state index contributed by atoms with van der Waals surface area (Å²) in [5, 5.41) is 3.49. The molecule has 104 valence electrons. The van der Waals surface area contributed by atoms with Crippen LogP contribution in [0.2, 0.25) is 0 Å². The molecule has 2 aromatic carbocycles. The van der Waals surface area contributed by atoms with Gasteiger partial charge in [0.2, 0.25) is 0 Å². The Hall–Kier alpha value is -1.19. The van der Waals surface area contributed by atoms with Crippen LogP contribution < -0.4 is 5.32 Å². The Labute approximate surface area is 127 Å². The van der Waals surface area contributed by atoms with Gasteiger partial charge in [-0.3, -0.25) is 0 Å². The highest BCUT2D eigenvalue weighted by Gasteiger charge is 2.22. The van der Waals surface area contributed by atoms with Gasteiger partial charge in [-0.25, -0.2) is 4.39 Å². The first kappa shape index (κ1) is 13.8. The van der Waals surface area contributed by atoms with Crippen molar-refractivity contribution in [2.24, 2.45) is 0 Å². The molecule has 3 rings (SSSR count). The van der Waals surface area contributed by atoms with Crippen molar-refractivity contribution in [1.82, 2.24) is 5.32 Å². The van der Waals surface area contributed by atoms with Crippen molar-refractivity contribution in [3.8, 4) is 0 Å². The largest absolute Gasteiger partial charge is 0.306 e. The van der Waals surface area contributed by atoms with Gasteiger partial charge < -0.3 is 5.32 Å². The average molecular weight is 334 g/mol. The van der Waals surface area contributed by atoms with Gasteiger partial charge in [-0.2, -0.15) is 0 Å². The van der Waals surface area contributed by atoms with Crippen molar-refractivity contribution in [3.63, 3.8) is 0 Å². The second-order valence-corrected chi connectivity index (χ2v) is 6.33. The smallest absolute Gasteiger partial charge is 0.127 e. The Morgan fingerprint density at radius 3 is 2.95 bits per heavy atom. The SMILES string of the molecule is Cc1ccc2c(c1)C(NCc1cc(Br)ccc1F)CC2. The molecule has 0 bridgehead atoms. The van der Waals surface area contributed by atoms with Crippen molar-refractivity contribution >= 4 is 15.9 Å². The Morgan fingerprint density at radius 2 is 2.10 bits per heavy atom. The molecule has 20 heavy (non-hydrogen) atoms. The normalized spacial score (nSPS) is 17.2. The maximum Gasteiger partial charge on any atom is 0.127 e. The molecule has 2 aromatic rings. The maximum absolute atomic E-state index is 13.7. The van der Waals surface area contributed by atoms with E-state index in [-0.39, 0.29) is 5.82 Å². The minimum absolute atomic E-state index is 0.150. The van der Waals surface area contributed by atoms with E-state index >= 15 is 0 Å². The molecular weight excluding hydrogens is 317 g/mol. The first-order valence-electron chi connectivity index (χ1n) is 6.90. The Balaban J connectivity index is 1.75. The second kappa shape index (κ2) is 5.66. The van der Waals surface area contributed by atoms with Gasteiger partial charge in [0.25, 0.3) is 0 Å². The molecule has 0 aromatic heterocycles. The molecule has 0 amide bonds. The summed E-state index contributed by atoms with van der Waals surface area (Å²) in [6.45, 7) is 2.67. The third-order valence-corrected chi connectivity index (χ3v) is 4.42. The van der Waals surface area contributed by atoms with Gasteiger partial charge in [0.1, 0.15) is 5.82 Å². The molecule has 3 heteroatoms. The van der Waals surface area contributed by atoms with Crippen LogP contribution in [-0.2, 0) is 13.0 Å². The zero-order valence-corrected chi connectivity index (χ0v) is 13.0. The summed E-state index contributed by atoms with van der Waals surface area (Å²) >= 11 is 3.39. The molecule has 0 spiro atoms. The monoisotopic (exact) mass is 333 g/mol. The van der Waals surface area contributed by atoms with Gasteiger partial charge in [0, 0.05) is 22.6 Å². The molecule has 0 radical (unpaired) electrons. The summed E-state index contributed by atoms with van der Waals surface area (Å²) in [5.74, 6) is -0.150. The Kier molecular flexibility index (Phi) is 3.90. The number of halogens is 2. The van der Waals surface area contributed by atoms with E-state index in [2.05, 4.69) is 46.4 Å². The fourth-order valence-corrected chi connectivity index (χ4v) is 3.25. The van der Waals surface area contributed by atoms with Crippen molar-refractivity contribution in [2.75, 3.05) is 0 Å². The molecule has 0 saturated carbocycles. The lowest BCUT2D eigenvalue weighted by molar-refractivity contribution is 0.513. The fourth-order valence-electron chi connectivity index (χ4n) is 2.85. The van der Waals surface area contributed by atoms with E-state index in [4.69, 9.17) is 0 Å². The molecule has 1 unspecified atom stereocenters. The molecule has 1 N–H and O–H groups in total. The number of hydrogen-bond donors (Lipinski definition) is 1. The summed E-state index contributed by atoms with van der Waals surface area (Å²) in [5.41, 5.74) is 4.79. The number of nitrogens with one attached hydrogen (secondary N) is 1. The van der Waals surface area contributed by atoms with E-state index in [1.165, 1.54) is 22.8 Å². The molecule has 0 heterocycles. The summed E-state index contributed by atoms with van der Waals surface area (Å²) in [7, 11) is 0. The molecule has 1 aliphatic rings. The van der Waals surface area contributed by atoms with E-state index in [1.807, 2.05) is 6.07 Å². The van der Waals surface area contributed by atoms with E-state index in [0.717, 1.165) is 17.3 Å². The first-order valence-corrected chi connectivity index (χ1v) is 7.69.